The first-order chi connectivity index (χ1) is 12.6. The largest absolute Gasteiger partial charge is 0.486 e. The van der Waals surface area contributed by atoms with Crippen LogP contribution in [0.2, 0.25) is 0 Å². The smallest absolute Gasteiger partial charge is 0.361 e. The van der Waals surface area contributed by atoms with E-state index in [9.17, 15) is 9.59 Å². The number of nitrogen functional groups attached to an aromatic ring is 1. The third-order valence-electron chi connectivity index (χ3n) is 3.60. The number of nitrogens with zero attached hydrogens (tertiary/aromatic N) is 2. The molecule has 3 rings (SSSR count). The van der Waals surface area contributed by atoms with Crippen LogP contribution in [0, 0.1) is 0 Å². The first-order valence-corrected chi connectivity index (χ1v) is 8.02. The Hall–Kier alpha value is -3.36. The maximum atomic E-state index is 11.8. The summed E-state index contributed by atoms with van der Waals surface area (Å²) in [7, 11) is 0. The van der Waals surface area contributed by atoms with E-state index in [1.807, 2.05) is 18.2 Å². The number of nitrogens with two attached hydrogens (primary N) is 1. The number of carbonyl (C=O) groups is 2. The fraction of sp³-hybridized carbons (Fsp3) is 0.294. The standard InChI is InChI=1S/C17H18N4O5/c18-16-15(20-5-6-21-16)17(23)26-10-14(22)19-4-3-11-1-2-12-13(9-11)25-8-7-24-12/h1-2,5-6,9H,3-4,7-8,10H2,(H2,18,21)(H,19,22). The maximum Gasteiger partial charge on any atom is 0.361 e. The molecule has 1 aromatic heterocycles. The van der Waals surface area contributed by atoms with Gasteiger partial charge in [-0.15, -0.1) is 0 Å². The second-order valence-electron chi connectivity index (χ2n) is 5.44. The molecule has 0 bridgehead atoms. The van der Waals surface area contributed by atoms with Crippen molar-refractivity contribution in [2.45, 2.75) is 6.42 Å². The predicted octanol–water partition coefficient (Wildman–Crippen LogP) is 0.346. The number of benzene rings is 1. The van der Waals surface area contributed by atoms with Gasteiger partial charge in [-0.05, 0) is 24.1 Å². The number of rotatable bonds is 6. The molecule has 0 saturated carbocycles. The molecule has 2 heterocycles. The third kappa shape index (κ3) is 4.38. The molecular formula is C17H18N4O5. The lowest BCUT2D eigenvalue weighted by molar-refractivity contribution is -0.124. The number of anilines is 1. The van der Waals surface area contributed by atoms with Crippen molar-refractivity contribution in [1.29, 1.82) is 0 Å². The van der Waals surface area contributed by atoms with Gasteiger partial charge in [-0.25, -0.2) is 14.8 Å². The van der Waals surface area contributed by atoms with Crippen LogP contribution in [0.5, 0.6) is 11.5 Å². The molecular weight excluding hydrogens is 340 g/mol. The minimum absolute atomic E-state index is 0.0449. The Morgan fingerprint density at radius 2 is 1.92 bits per heavy atom. The Kier molecular flexibility index (Phi) is 5.47. The summed E-state index contributed by atoms with van der Waals surface area (Å²) < 4.78 is 15.9. The van der Waals surface area contributed by atoms with Crippen LogP contribution in [0.15, 0.2) is 30.6 Å². The van der Waals surface area contributed by atoms with Crippen LogP contribution in [-0.2, 0) is 16.0 Å². The molecule has 26 heavy (non-hydrogen) atoms. The first kappa shape index (κ1) is 17.5. The molecule has 9 heteroatoms. The zero-order valence-electron chi connectivity index (χ0n) is 13.9. The summed E-state index contributed by atoms with van der Waals surface area (Å²) >= 11 is 0. The molecule has 1 aliphatic rings. The molecule has 0 fully saturated rings. The molecule has 1 amide bonds. The van der Waals surface area contributed by atoms with Crippen LogP contribution in [0.25, 0.3) is 0 Å². The average Bonchev–Trinajstić information content (AvgIpc) is 2.66. The minimum atomic E-state index is -0.794. The van der Waals surface area contributed by atoms with E-state index in [0.29, 0.717) is 31.9 Å². The van der Waals surface area contributed by atoms with Gasteiger partial charge in [0.05, 0.1) is 0 Å². The van der Waals surface area contributed by atoms with Crippen molar-refractivity contribution in [3.63, 3.8) is 0 Å². The lowest BCUT2D eigenvalue weighted by Crippen LogP contribution is -2.30. The molecule has 0 atom stereocenters. The van der Waals surface area contributed by atoms with Crippen LogP contribution in [0.1, 0.15) is 16.1 Å². The summed E-state index contributed by atoms with van der Waals surface area (Å²) in [5, 5.41) is 2.68. The highest BCUT2D eigenvalue weighted by Gasteiger charge is 2.15. The average molecular weight is 358 g/mol. The fourth-order valence-corrected chi connectivity index (χ4v) is 2.35. The molecule has 0 spiro atoms. The van der Waals surface area contributed by atoms with Gasteiger partial charge in [-0.1, -0.05) is 6.07 Å². The highest BCUT2D eigenvalue weighted by molar-refractivity contribution is 5.93. The van der Waals surface area contributed by atoms with Gasteiger partial charge in [0.1, 0.15) is 13.2 Å². The summed E-state index contributed by atoms with van der Waals surface area (Å²) in [6, 6.07) is 5.65. The number of carbonyl (C=O) groups excluding carboxylic acids is 2. The Labute approximate surface area is 149 Å². The van der Waals surface area contributed by atoms with Crippen LogP contribution >= 0.6 is 0 Å². The second-order valence-corrected chi connectivity index (χ2v) is 5.44. The molecule has 0 unspecified atom stereocenters. The highest BCUT2D eigenvalue weighted by Crippen LogP contribution is 2.30. The number of ether oxygens (including phenoxy) is 3. The second kappa shape index (κ2) is 8.15. The molecule has 1 aromatic carbocycles. The first-order valence-electron chi connectivity index (χ1n) is 8.02. The van der Waals surface area contributed by atoms with Gasteiger partial charge in [-0.2, -0.15) is 0 Å². The maximum absolute atomic E-state index is 11.8. The third-order valence-corrected chi connectivity index (χ3v) is 3.60. The fourth-order valence-electron chi connectivity index (χ4n) is 2.35. The van der Waals surface area contributed by atoms with Crippen molar-refractivity contribution in [2.24, 2.45) is 0 Å². The summed E-state index contributed by atoms with van der Waals surface area (Å²) in [4.78, 5) is 31.1. The highest BCUT2D eigenvalue weighted by atomic mass is 16.6. The number of hydrogen-bond donors (Lipinski definition) is 2. The van der Waals surface area contributed by atoms with Crippen LogP contribution in [0.4, 0.5) is 5.82 Å². The molecule has 0 saturated heterocycles. The lowest BCUT2D eigenvalue weighted by atomic mass is 10.1. The minimum Gasteiger partial charge on any atom is -0.486 e. The molecule has 9 nitrogen and oxygen atoms in total. The molecule has 136 valence electrons. The van der Waals surface area contributed by atoms with Gasteiger partial charge in [-0.3, -0.25) is 4.79 Å². The lowest BCUT2D eigenvalue weighted by Gasteiger charge is -2.18. The Bertz CT molecular complexity index is 811. The quantitative estimate of drug-likeness (QED) is 0.708. The summed E-state index contributed by atoms with van der Waals surface area (Å²) in [6.45, 7) is 1.04. The van der Waals surface area contributed by atoms with E-state index in [1.165, 1.54) is 12.4 Å². The predicted molar refractivity (Wildman–Crippen MR) is 90.9 cm³/mol. The van der Waals surface area contributed by atoms with E-state index in [0.717, 1.165) is 11.3 Å². The van der Waals surface area contributed by atoms with E-state index >= 15 is 0 Å². The van der Waals surface area contributed by atoms with E-state index in [-0.39, 0.29) is 11.5 Å². The van der Waals surface area contributed by atoms with Crippen molar-refractivity contribution >= 4 is 17.7 Å². The van der Waals surface area contributed by atoms with Crippen molar-refractivity contribution < 1.29 is 23.8 Å². The van der Waals surface area contributed by atoms with Gasteiger partial charge < -0.3 is 25.3 Å². The van der Waals surface area contributed by atoms with Crippen molar-refractivity contribution in [2.75, 3.05) is 32.1 Å². The Balaban J connectivity index is 1.42. The zero-order chi connectivity index (χ0) is 18.4. The number of hydrogen-bond acceptors (Lipinski definition) is 8. The summed E-state index contributed by atoms with van der Waals surface area (Å²) in [5.74, 6) is 0.169. The van der Waals surface area contributed by atoms with Crippen LogP contribution in [-0.4, -0.2) is 48.2 Å². The number of nitrogens with one attached hydrogen (secondary N) is 1. The number of amides is 1. The van der Waals surface area contributed by atoms with Gasteiger partial charge in [0.2, 0.25) is 0 Å². The molecule has 3 N–H and O–H groups in total. The van der Waals surface area contributed by atoms with Crippen LogP contribution < -0.4 is 20.5 Å². The summed E-state index contributed by atoms with van der Waals surface area (Å²) in [6.07, 6.45) is 3.28. The molecule has 0 aliphatic carbocycles. The molecule has 2 aromatic rings. The number of esters is 1. The summed E-state index contributed by atoms with van der Waals surface area (Å²) in [5.41, 5.74) is 6.41. The van der Waals surface area contributed by atoms with E-state index in [4.69, 9.17) is 19.9 Å². The molecule has 1 aliphatic heterocycles. The van der Waals surface area contributed by atoms with E-state index in [1.54, 1.807) is 0 Å². The van der Waals surface area contributed by atoms with Gasteiger partial charge >= 0.3 is 5.97 Å². The van der Waals surface area contributed by atoms with Gasteiger partial charge in [0, 0.05) is 18.9 Å². The van der Waals surface area contributed by atoms with Gasteiger partial charge in [0.15, 0.2) is 29.6 Å². The topological polar surface area (TPSA) is 126 Å². The Morgan fingerprint density at radius 1 is 1.15 bits per heavy atom. The number of fused-ring (bicyclic) bond motifs is 1. The van der Waals surface area contributed by atoms with Crippen molar-refractivity contribution in [3.05, 3.63) is 41.9 Å². The van der Waals surface area contributed by atoms with Crippen molar-refractivity contribution in [3.8, 4) is 11.5 Å². The van der Waals surface area contributed by atoms with Crippen LogP contribution in [0.3, 0.4) is 0 Å². The SMILES string of the molecule is Nc1nccnc1C(=O)OCC(=O)NCCc1ccc2c(c1)OCCO2. The zero-order valence-corrected chi connectivity index (χ0v) is 13.9. The normalized spacial score (nSPS) is 12.3. The molecule has 0 radical (unpaired) electrons. The van der Waals surface area contributed by atoms with Crippen molar-refractivity contribution in [1.82, 2.24) is 15.3 Å². The Morgan fingerprint density at radius 3 is 2.73 bits per heavy atom. The monoisotopic (exact) mass is 358 g/mol. The number of aromatic nitrogens is 2. The van der Waals surface area contributed by atoms with E-state index in [2.05, 4.69) is 15.3 Å². The van der Waals surface area contributed by atoms with E-state index < -0.39 is 18.5 Å². The van der Waals surface area contributed by atoms with Gasteiger partial charge in [0.25, 0.3) is 5.91 Å².